The number of hydrogen-bond donors (Lipinski definition) is 1. The Bertz CT molecular complexity index is 398. The van der Waals surface area contributed by atoms with Crippen LogP contribution in [0.5, 0.6) is 0 Å². The van der Waals surface area contributed by atoms with Gasteiger partial charge in [0.2, 0.25) is 0 Å². The van der Waals surface area contributed by atoms with Crippen molar-refractivity contribution in [2.45, 2.75) is 62.4 Å². The minimum atomic E-state index is -0.506. The van der Waals surface area contributed by atoms with Crippen LogP contribution in [0.25, 0.3) is 0 Å². The van der Waals surface area contributed by atoms with Crippen LogP contribution in [0.2, 0.25) is 0 Å². The fourth-order valence-electron chi connectivity index (χ4n) is 2.55. The average Bonchev–Trinajstić information content (AvgIpc) is 2.82. The van der Waals surface area contributed by atoms with Crippen molar-refractivity contribution in [2.24, 2.45) is 0 Å². The van der Waals surface area contributed by atoms with Crippen LogP contribution >= 0.6 is 11.8 Å². The number of aliphatic hydroxyl groups excluding tert-OH is 1. The maximum Gasteiger partial charge on any atom is 0.113 e. The molecule has 118 valence electrons. The van der Waals surface area contributed by atoms with E-state index in [1.807, 2.05) is 25.1 Å². The first-order chi connectivity index (χ1) is 10.3. The van der Waals surface area contributed by atoms with E-state index in [9.17, 15) is 5.11 Å². The van der Waals surface area contributed by atoms with Crippen molar-refractivity contribution >= 4 is 11.8 Å². The van der Waals surface area contributed by atoms with E-state index in [0.717, 1.165) is 25.0 Å². The van der Waals surface area contributed by atoms with Gasteiger partial charge in [0.15, 0.2) is 0 Å². The van der Waals surface area contributed by atoms with Gasteiger partial charge in [-0.15, -0.1) is 11.8 Å². The summed E-state index contributed by atoms with van der Waals surface area (Å²) in [6.07, 6.45) is 2.11. The lowest BCUT2D eigenvalue weighted by Gasteiger charge is -2.20. The molecule has 4 atom stereocenters. The van der Waals surface area contributed by atoms with E-state index in [4.69, 9.17) is 9.47 Å². The highest BCUT2D eigenvalue weighted by Crippen LogP contribution is 2.30. The van der Waals surface area contributed by atoms with E-state index in [-0.39, 0.29) is 18.3 Å². The quantitative estimate of drug-likeness (QED) is 0.589. The molecule has 1 aromatic carbocycles. The molecule has 0 saturated carbocycles. The van der Waals surface area contributed by atoms with Gasteiger partial charge in [-0.25, -0.2) is 0 Å². The summed E-state index contributed by atoms with van der Waals surface area (Å²) in [5.74, 6) is 0.814. The molecular formula is C17H26O3S. The highest BCUT2D eigenvalue weighted by Gasteiger charge is 2.43. The minimum Gasteiger partial charge on any atom is -0.388 e. The molecule has 3 nitrogen and oxygen atoms in total. The van der Waals surface area contributed by atoms with Crippen molar-refractivity contribution in [3.05, 3.63) is 30.3 Å². The zero-order valence-corrected chi connectivity index (χ0v) is 13.7. The summed E-state index contributed by atoms with van der Waals surface area (Å²) in [5.41, 5.74) is 0. The summed E-state index contributed by atoms with van der Waals surface area (Å²) in [4.78, 5) is 1.22. The van der Waals surface area contributed by atoms with E-state index in [2.05, 4.69) is 19.1 Å². The smallest absolute Gasteiger partial charge is 0.113 e. The maximum atomic E-state index is 10.4. The Balaban J connectivity index is 1.91. The Labute approximate surface area is 132 Å². The fourth-order valence-corrected chi connectivity index (χ4v) is 3.53. The fraction of sp³-hybridized carbons (Fsp3) is 0.647. The molecule has 1 aliphatic rings. The van der Waals surface area contributed by atoms with Gasteiger partial charge in [-0.1, -0.05) is 38.5 Å². The largest absolute Gasteiger partial charge is 0.388 e. The normalized spacial score (nSPS) is 28.9. The Morgan fingerprint density at radius 3 is 2.62 bits per heavy atom. The molecular weight excluding hydrogens is 284 g/mol. The van der Waals surface area contributed by atoms with Gasteiger partial charge in [0.05, 0.1) is 12.2 Å². The van der Waals surface area contributed by atoms with Crippen LogP contribution in [0.3, 0.4) is 0 Å². The second-order valence-electron chi connectivity index (χ2n) is 5.42. The van der Waals surface area contributed by atoms with Crippen molar-refractivity contribution in [1.29, 1.82) is 0 Å². The second-order valence-corrected chi connectivity index (χ2v) is 6.52. The molecule has 2 rings (SSSR count). The predicted molar refractivity (Wildman–Crippen MR) is 86.8 cm³/mol. The molecule has 0 amide bonds. The molecule has 0 radical (unpaired) electrons. The average molecular weight is 310 g/mol. The standard InChI is InChI=1S/C17H26O3S/c1-3-5-11-19-17-15(20-14(4-2)16(17)18)12-21-13-9-7-6-8-10-13/h6-10,14-18H,3-5,11-12H2,1-2H3/t14-,15+,16?,17?/m0/s1. The molecule has 1 saturated heterocycles. The molecule has 2 unspecified atom stereocenters. The van der Waals surface area contributed by atoms with E-state index in [1.165, 1.54) is 4.90 Å². The number of aliphatic hydroxyl groups is 1. The molecule has 0 aliphatic carbocycles. The first-order valence-electron chi connectivity index (χ1n) is 7.89. The van der Waals surface area contributed by atoms with E-state index in [1.54, 1.807) is 11.8 Å². The summed E-state index contributed by atoms with van der Waals surface area (Å²) in [5, 5.41) is 10.4. The highest BCUT2D eigenvalue weighted by molar-refractivity contribution is 7.99. The maximum absolute atomic E-state index is 10.4. The van der Waals surface area contributed by atoms with Gasteiger partial charge in [0, 0.05) is 17.3 Å². The van der Waals surface area contributed by atoms with Crippen LogP contribution in [0.15, 0.2) is 35.2 Å². The van der Waals surface area contributed by atoms with Gasteiger partial charge >= 0.3 is 0 Å². The van der Waals surface area contributed by atoms with Crippen LogP contribution in [0.4, 0.5) is 0 Å². The summed E-state index contributed by atoms with van der Waals surface area (Å²) in [7, 11) is 0. The van der Waals surface area contributed by atoms with Crippen molar-refractivity contribution < 1.29 is 14.6 Å². The second kappa shape index (κ2) is 8.79. The molecule has 1 N–H and O–H groups in total. The lowest BCUT2D eigenvalue weighted by atomic mass is 10.1. The predicted octanol–water partition coefficient (Wildman–Crippen LogP) is 3.50. The van der Waals surface area contributed by atoms with Crippen LogP contribution in [0.1, 0.15) is 33.1 Å². The SMILES string of the molecule is CCCCOC1C(O)[C@H](CC)O[C@@H]1CSc1ccccc1. The lowest BCUT2D eigenvalue weighted by Crippen LogP contribution is -2.36. The molecule has 21 heavy (non-hydrogen) atoms. The van der Waals surface area contributed by atoms with Crippen molar-refractivity contribution in [2.75, 3.05) is 12.4 Å². The number of ether oxygens (including phenoxy) is 2. The van der Waals surface area contributed by atoms with Gasteiger partial charge < -0.3 is 14.6 Å². The summed E-state index contributed by atoms with van der Waals surface area (Å²) >= 11 is 1.76. The van der Waals surface area contributed by atoms with Gasteiger partial charge in [0.1, 0.15) is 12.2 Å². The number of unbranched alkanes of at least 4 members (excludes halogenated alkanes) is 1. The number of benzene rings is 1. The van der Waals surface area contributed by atoms with Gasteiger partial charge in [-0.2, -0.15) is 0 Å². The summed E-state index contributed by atoms with van der Waals surface area (Å²) in [6.45, 7) is 4.89. The first-order valence-corrected chi connectivity index (χ1v) is 8.87. The first kappa shape index (κ1) is 16.8. The number of hydrogen-bond acceptors (Lipinski definition) is 4. The molecule has 0 aromatic heterocycles. The van der Waals surface area contributed by atoms with Crippen molar-refractivity contribution in [1.82, 2.24) is 0 Å². The Morgan fingerprint density at radius 1 is 1.19 bits per heavy atom. The zero-order chi connectivity index (χ0) is 15.1. The summed E-state index contributed by atoms with van der Waals surface area (Å²) < 4.78 is 11.9. The third-order valence-corrected chi connectivity index (χ3v) is 4.90. The van der Waals surface area contributed by atoms with Crippen LogP contribution < -0.4 is 0 Å². The van der Waals surface area contributed by atoms with Crippen molar-refractivity contribution in [3.8, 4) is 0 Å². The van der Waals surface area contributed by atoms with Gasteiger partial charge in [-0.3, -0.25) is 0 Å². The molecule has 1 aromatic rings. The van der Waals surface area contributed by atoms with Gasteiger partial charge in [-0.05, 0) is 25.0 Å². The highest BCUT2D eigenvalue weighted by atomic mass is 32.2. The Morgan fingerprint density at radius 2 is 1.95 bits per heavy atom. The molecule has 1 fully saturated rings. The zero-order valence-electron chi connectivity index (χ0n) is 12.9. The molecule has 0 bridgehead atoms. The number of thioether (sulfide) groups is 1. The van der Waals surface area contributed by atoms with Crippen molar-refractivity contribution in [3.63, 3.8) is 0 Å². The molecule has 0 spiro atoms. The van der Waals surface area contributed by atoms with Crippen LogP contribution in [0, 0.1) is 0 Å². The monoisotopic (exact) mass is 310 g/mol. The van der Waals surface area contributed by atoms with Crippen LogP contribution in [-0.4, -0.2) is 41.9 Å². The van der Waals surface area contributed by atoms with E-state index in [0.29, 0.717) is 6.61 Å². The topological polar surface area (TPSA) is 38.7 Å². The third kappa shape index (κ3) is 4.71. The minimum absolute atomic E-state index is 0.0352. The number of rotatable bonds is 8. The molecule has 4 heteroatoms. The van der Waals surface area contributed by atoms with Crippen LogP contribution in [-0.2, 0) is 9.47 Å². The summed E-state index contributed by atoms with van der Waals surface area (Å²) in [6, 6.07) is 10.3. The molecule has 1 heterocycles. The molecule has 1 aliphatic heterocycles. The van der Waals surface area contributed by atoms with Gasteiger partial charge in [0.25, 0.3) is 0 Å². The van der Waals surface area contributed by atoms with E-state index < -0.39 is 6.10 Å². The van der Waals surface area contributed by atoms with E-state index >= 15 is 0 Å². The Kier molecular flexibility index (Phi) is 7.04. The third-order valence-electron chi connectivity index (χ3n) is 3.80. The Hall–Kier alpha value is -0.550. The lowest BCUT2D eigenvalue weighted by molar-refractivity contribution is -0.0318.